The molecule has 0 saturated carbocycles. The molecule has 0 aliphatic carbocycles. The van der Waals surface area contributed by atoms with Gasteiger partial charge in [0.2, 0.25) is 5.91 Å². The molecule has 0 bridgehead atoms. The van der Waals surface area contributed by atoms with Crippen molar-refractivity contribution in [2.75, 3.05) is 20.2 Å². The normalized spacial score (nSPS) is 22.5. The lowest BCUT2D eigenvalue weighted by molar-refractivity contribution is -0.139. The maximum atomic E-state index is 13.9. The van der Waals surface area contributed by atoms with Crippen molar-refractivity contribution in [1.29, 1.82) is 0 Å². The van der Waals surface area contributed by atoms with E-state index in [1.165, 1.54) is 5.56 Å². The van der Waals surface area contributed by atoms with Crippen LogP contribution in [-0.2, 0) is 36.5 Å². The molecule has 41 heavy (non-hydrogen) atoms. The second-order valence-corrected chi connectivity index (χ2v) is 11.5. The molecule has 2 fully saturated rings. The number of hydrogen-bond donors (Lipinski definition) is 1. The molecule has 2 aromatic heterocycles. The van der Waals surface area contributed by atoms with Crippen LogP contribution in [0, 0.1) is 5.92 Å². The van der Waals surface area contributed by atoms with Crippen molar-refractivity contribution in [2.24, 2.45) is 20.0 Å². The Kier molecular flexibility index (Phi) is 7.57. The molecule has 1 N–H and O–H groups in total. The van der Waals surface area contributed by atoms with Gasteiger partial charge in [-0.25, -0.2) is 4.68 Å². The maximum Gasteiger partial charge on any atom is 0.240 e. The number of nitrogens with one attached hydrogen (secondary N) is 1. The van der Waals surface area contributed by atoms with Gasteiger partial charge in [0.1, 0.15) is 11.3 Å². The predicted molar refractivity (Wildman–Crippen MR) is 154 cm³/mol. The minimum Gasteiger partial charge on any atom is -0.497 e. The Labute approximate surface area is 239 Å². The number of rotatable bonds is 9. The summed E-state index contributed by atoms with van der Waals surface area (Å²) < 4.78 is 8.84. The second-order valence-electron chi connectivity index (χ2n) is 11.5. The molecule has 4 aromatic rings. The average Bonchev–Trinajstić information content (AvgIpc) is 3.79. The molecule has 2 saturated heterocycles. The number of carbonyl (C=O) groups is 2. The van der Waals surface area contributed by atoms with Gasteiger partial charge in [0.25, 0.3) is 0 Å². The molecule has 4 atom stereocenters. The Bertz CT molecular complexity index is 1540. The molecule has 214 valence electrons. The number of Topliss-reactive ketones (excluding diaryl/α,β-unsaturated/α-hetero) is 1. The Morgan fingerprint density at radius 2 is 1.88 bits per heavy atom. The smallest absolute Gasteiger partial charge is 0.240 e. The van der Waals surface area contributed by atoms with E-state index in [0.29, 0.717) is 32.2 Å². The highest BCUT2D eigenvalue weighted by molar-refractivity contribution is 5.92. The zero-order valence-electron chi connectivity index (χ0n) is 23.9. The van der Waals surface area contributed by atoms with E-state index in [-0.39, 0.29) is 29.6 Å². The molecule has 0 spiro atoms. The largest absolute Gasteiger partial charge is 0.497 e. The van der Waals surface area contributed by atoms with E-state index in [2.05, 4.69) is 32.9 Å². The minimum atomic E-state index is -0.412. The quantitative estimate of drug-likeness (QED) is 0.338. The van der Waals surface area contributed by atoms with Crippen molar-refractivity contribution >= 4 is 22.7 Å². The van der Waals surface area contributed by atoms with Gasteiger partial charge in [-0.05, 0) is 72.6 Å². The van der Waals surface area contributed by atoms with E-state index in [1.54, 1.807) is 16.5 Å². The molecule has 1 amide bonds. The van der Waals surface area contributed by atoms with Crippen LogP contribution < -0.4 is 10.1 Å². The van der Waals surface area contributed by atoms with Crippen LogP contribution in [0.15, 0.2) is 54.9 Å². The lowest BCUT2D eigenvalue weighted by Crippen LogP contribution is -2.48. The van der Waals surface area contributed by atoms with Crippen molar-refractivity contribution in [3.63, 3.8) is 0 Å². The fourth-order valence-electron chi connectivity index (χ4n) is 6.42. The minimum absolute atomic E-state index is 0.0351. The highest BCUT2D eigenvalue weighted by Crippen LogP contribution is 2.32. The molecule has 10 nitrogen and oxygen atoms in total. The number of fused-ring (bicyclic) bond motifs is 1. The van der Waals surface area contributed by atoms with Crippen molar-refractivity contribution in [3.05, 3.63) is 71.5 Å². The number of ether oxygens (including phenoxy) is 1. The summed E-state index contributed by atoms with van der Waals surface area (Å²) in [6, 6.07) is 13.4. The highest BCUT2D eigenvalue weighted by Gasteiger charge is 2.43. The summed E-state index contributed by atoms with van der Waals surface area (Å²) in [5.74, 6) is 1.43. The van der Waals surface area contributed by atoms with Gasteiger partial charge in [-0.3, -0.25) is 14.3 Å². The van der Waals surface area contributed by atoms with E-state index < -0.39 is 6.04 Å². The van der Waals surface area contributed by atoms with Crippen LogP contribution in [0.5, 0.6) is 5.75 Å². The number of hydrogen-bond acceptors (Lipinski definition) is 7. The van der Waals surface area contributed by atoms with E-state index >= 15 is 0 Å². The van der Waals surface area contributed by atoms with E-state index in [1.807, 2.05) is 61.7 Å². The van der Waals surface area contributed by atoms with Crippen molar-refractivity contribution in [3.8, 4) is 5.75 Å². The maximum absolute atomic E-state index is 13.9. The summed E-state index contributed by atoms with van der Waals surface area (Å²) >= 11 is 0. The monoisotopic (exact) mass is 555 g/mol. The molecular formula is C31H37N7O3. The van der Waals surface area contributed by atoms with Gasteiger partial charge in [-0.1, -0.05) is 23.4 Å². The fraction of sp³-hybridized carbons (Fsp3) is 0.452. The van der Waals surface area contributed by atoms with Crippen LogP contribution in [-0.4, -0.2) is 73.6 Å². The van der Waals surface area contributed by atoms with Gasteiger partial charge in [0.05, 0.1) is 30.9 Å². The summed E-state index contributed by atoms with van der Waals surface area (Å²) in [6.07, 6.45) is 7.10. The summed E-state index contributed by atoms with van der Waals surface area (Å²) in [7, 11) is 5.43. The molecule has 6 rings (SSSR count). The third-order valence-electron chi connectivity index (χ3n) is 8.69. The molecule has 2 aromatic carbocycles. The lowest BCUT2D eigenvalue weighted by atomic mass is 9.94. The number of amides is 1. The van der Waals surface area contributed by atoms with Crippen LogP contribution in [0.1, 0.15) is 41.9 Å². The summed E-state index contributed by atoms with van der Waals surface area (Å²) in [6.45, 7) is 1.32. The molecule has 2 aliphatic rings. The first-order valence-electron chi connectivity index (χ1n) is 14.3. The number of carbonyl (C=O) groups excluding carboxylic acids is 2. The number of likely N-dealkylation sites (tertiary alicyclic amines) is 1. The van der Waals surface area contributed by atoms with Gasteiger partial charge in [-0.2, -0.15) is 5.10 Å². The Balaban J connectivity index is 1.16. The number of aromatic nitrogens is 5. The number of aryl methyl sites for hydroxylation is 3. The van der Waals surface area contributed by atoms with E-state index in [4.69, 9.17) is 4.74 Å². The van der Waals surface area contributed by atoms with Crippen LogP contribution in [0.25, 0.3) is 11.0 Å². The van der Waals surface area contributed by atoms with Gasteiger partial charge >= 0.3 is 0 Å². The Hall–Kier alpha value is -4.05. The topological polar surface area (TPSA) is 107 Å². The van der Waals surface area contributed by atoms with E-state index in [0.717, 1.165) is 40.9 Å². The van der Waals surface area contributed by atoms with Crippen molar-refractivity contribution in [2.45, 2.75) is 50.1 Å². The molecule has 4 heterocycles. The number of methoxy groups -OCH3 is 1. The third-order valence-corrected chi connectivity index (χ3v) is 8.69. The average molecular weight is 556 g/mol. The lowest BCUT2D eigenvalue weighted by Gasteiger charge is -2.27. The standard InChI is InChI=1S/C31H37N7O3/c1-36-19-24(17-33-36)23-15-27(32-16-23)31(40)38-18-22(12-20-4-8-25(41-3)9-5-20)14-29(38)30(39)11-7-21-6-10-28-26(13-21)34-35-37(28)2/h4-6,8-10,13,17,19,22-23,27,29,32H,7,11-12,14-16,18H2,1-3H3/t22-,23-,27-,29+/m1/s1. The van der Waals surface area contributed by atoms with Gasteiger partial charge in [-0.15, -0.1) is 5.10 Å². The van der Waals surface area contributed by atoms with Crippen LogP contribution in [0.2, 0.25) is 0 Å². The summed E-state index contributed by atoms with van der Waals surface area (Å²) in [4.78, 5) is 29.5. The molecular weight excluding hydrogens is 518 g/mol. The molecule has 10 heteroatoms. The van der Waals surface area contributed by atoms with Crippen LogP contribution in [0.3, 0.4) is 0 Å². The third kappa shape index (κ3) is 5.74. The first kappa shape index (κ1) is 27.1. The van der Waals surface area contributed by atoms with Gasteiger partial charge in [0, 0.05) is 45.7 Å². The van der Waals surface area contributed by atoms with Crippen molar-refractivity contribution in [1.82, 2.24) is 35.0 Å². The van der Waals surface area contributed by atoms with Gasteiger partial charge in [0.15, 0.2) is 5.78 Å². The van der Waals surface area contributed by atoms with E-state index in [9.17, 15) is 9.59 Å². The zero-order valence-corrected chi connectivity index (χ0v) is 23.9. The van der Waals surface area contributed by atoms with Crippen molar-refractivity contribution < 1.29 is 14.3 Å². The van der Waals surface area contributed by atoms with Crippen LogP contribution in [0.4, 0.5) is 0 Å². The molecule has 0 radical (unpaired) electrons. The Morgan fingerprint density at radius 3 is 2.63 bits per heavy atom. The SMILES string of the molecule is COc1ccc(C[C@@H]2C[C@@H](C(=O)CCc3ccc4c(c3)nnn4C)N(C(=O)[C@H]3C[C@@H](c4cnn(C)c4)CN3)C2)cc1. The summed E-state index contributed by atoms with van der Waals surface area (Å²) in [5.41, 5.74) is 5.16. The fourth-order valence-corrected chi connectivity index (χ4v) is 6.42. The zero-order chi connectivity index (χ0) is 28.5. The first-order chi connectivity index (χ1) is 19.9. The molecule has 0 unspecified atom stereocenters. The van der Waals surface area contributed by atoms with Crippen LogP contribution >= 0.6 is 0 Å². The number of nitrogens with zero attached hydrogens (tertiary/aromatic N) is 6. The highest BCUT2D eigenvalue weighted by atomic mass is 16.5. The first-order valence-corrected chi connectivity index (χ1v) is 14.3. The van der Waals surface area contributed by atoms with Gasteiger partial charge < -0.3 is 15.0 Å². The second kappa shape index (κ2) is 11.4. The number of benzene rings is 2. The molecule has 2 aliphatic heterocycles. The number of ketones is 1. The Morgan fingerprint density at radius 1 is 1.07 bits per heavy atom. The summed E-state index contributed by atoms with van der Waals surface area (Å²) in [5, 5.41) is 16.0. The predicted octanol–water partition coefficient (Wildman–Crippen LogP) is 2.82.